The van der Waals surface area contributed by atoms with Gasteiger partial charge in [0.15, 0.2) is 0 Å². The third kappa shape index (κ3) is 5.31. The fourth-order valence-electron chi connectivity index (χ4n) is 4.34. The Hall–Kier alpha value is -3.66. The van der Waals surface area contributed by atoms with Crippen molar-refractivity contribution in [2.45, 2.75) is 46.1 Å². The molecular formula is C27H29ClFN5O4. The minimum atomic E-state index is -0.697. The minimum absolute atomic E-state index is 0.105. The summed E-state index contributed by atoms with van der Waals surface area (Å²) in [7, 11) is 0. The predicted octanol–water partition coefficient (Wildman–Crippen LogP) is 6.06. The first-order valence-electron chi connectivity index (χ1n) is 12.5. The van der Waals surface area contributed by atoms with Crippen LogP contribution in [0, 0.1) is 18.7 Å². The molecule has 2 N–H and O–H groups in total. The summed E-state index contributed by atoms with van der Waals surface area (Å²) in [6, 6.07) is 4.10. The van der Waals surface area contributed by atoms with E-state index in [1.807, 2.05) is 0 Å². The number of carbonyl (C=O) groups excluding carboxylic acids is 2. The topological polar surface area (TPSA) is 106 Å². The van der Waals surface area contributed by atoms with Gasteiger partial charge in [-0.25, -0.2) is 23.9 Å². The van der Waals surface area contributed by atoms with Crippen LogP contribution in [-0.2, 0) is 4.74 Å². The Balaban J connectivity index is 1.61. The Morgan fingerprint density at radius 1 is 1.29 bits per heavy atom. The molecule has 0 unspecified atom stereocenters. The van der Waals surface area contributed by atoms with E-state index < -0.39 is 17.5 Å². The fraction of sp³-hybridized carbons (Fsp3) is 0.407. The van der Waals surface area contributed by atoms with Gasteiger partial charge in [0.1, 0.15) is 29.5 Å². The van der Waals surface area contributed by atoms with Crippen LogP contribution in [0.25, 0.3) is 22.0 Å². The number of amides is 3. The molecule has 5 rings (SSSR count). The van der Waals surface area contributed by atoms with E-state index in [4.69, 9.17) is 21.1 Å². The zero-order valence-electron chi connectivity index (χ0n) is 21.7. The zero-order valence-corrected chi connectivity index (χ0v) is 22.4. The summed E-state index contributed by atoms with van der Waals surface area (Å²) in [5, 5.41) is 6.45. The Kier molecular flexibility index (Phi) is 6.77. The summed E-state index contributed by atoms with van der Waals surface area (Å²) >= 11 is 6.43. The molecule has 2 aromatic heterocycles. The third-order valence-corrected chi connectivity index (χ3v) is 6.71. The molecule has 0 spiro atoms. The first-order chi connectivity index (χ1) is 18.0. The van der Waals surface area contributed by atoms with Crippen molar-refractivity contribution in [3.8, 4) is 17.1 Å². The van der Waals surface area contributed by atoms with Gasteiger partial charge in [-0.2, -0.15) is 0 Å². The van der Waals surface area contributed by atoms with E-state index in [-0.39, 0.29) is 35.9 Å². The standard InChI is InChI=1S/C27H29ClFN5O4/c1-14-17(13-30-24-23(14)34(9-10-37-24)26(36)38-27(2,3)4)22-20-16(7-8-18(29)21(20)28)11-19(32-22)33-25(35)31-12-15-5-6-15/h7-8,11,13,15H,5-6,9-10,12H2,1-4H3,(H2,31,32,33,35). The number of anilines is 2. The number of halogens is 2. The Morgan fingerprint density at radius 3 is 2.76 bits per heavy atom. The molecular weight excluding hydrogens is 513 g/mol. The van der Waals surface area contributed by atoms with Gasteiger partial charge in [0.25, 0.3) is 0 Å². The van der Waals surface area contributed by atoms with E-state index >= 15 is 0 Å². The summed E-state index contributed by atoms with van der Waals surface area (Å²) in [6.07, 6.45) is 3.23. The van der Waals surface area contributed by atoms with Crippen molar-refractivity contribution >= 4 is 46.0 Å². The van der Waals surface area contributed by atoms with Crippen molar-refractivity contribution in [2.24, 2.45) is 5.92 Å². The quantitative estimate of drug-likeness (QED) is 0.416. The van der Waals surface area contributed by atoms with Crippen LogP contribution in [0.3, 0.4) is 0 Å². The van der Waals surface area contributed by atoms with Crippen LogP contribution >= 0.6 is 11.6 Å². The highest BCUT2D eigenvalue weighted by atomic mass is 35.5. The predicted molar refractivity (Wildman–Crippen MR) is 143 cm³/mol. The van der Waals surface area contributed by atoms with Gasteiger partial charge in [0.05, 0.1) is 17.3 Å². The molecule has 3 aromatic rings. The lowest BCUT2D eigenvalue weighted by atomic mass is 9.99. The molecule has 11 heteroatoms. The molecule has 1 aliphatic carbocycles. The van der Waals surface area contributed by atoms with Crippen LogP contribution in [0.5, 0.6) is 5.88 Å². The average molecular weight is 542 g/mol. The van der Waals surface area contributed by atoms with Gasteiger partial charge >= 0.3 is 12.1 Å². The second kappa shape index (κ2) is 9.90. The maximum atomic E-state index is 14.6. The second-order valence-corrected chi connectivity index (χ2v) is 10.9. The first-order valence-corrected chi connectivity index (χ1v) is 12.9. The van der Waals surface area contributed by atoms with Crippen molar-refractivity contribution in [1.82, 2.24) is 15.3 Å². The van der Waals surface area contributed by atoms with Crippen molar-refractivity contribution < 1.29 is 23.5 Å². The maximum Gasteiger partial charge on any atom is 0.415 e. The van der Waals surface area contributed by atoms with Crippen molar-refractivity contribution in [3.63, 3.8) is 0 Å². The summed E-state index contributed by atoms with van der Waals surface area (Å²) < 4.78 is 25.9. The van der Waals surface area contributed by atoms with Crippen molar-refractivity contribution in [3.05, 3.63) is 40.8 Å². The molecule has 3 amide bonds. The van der Waals surface area contributed by atoms with Crippen molar-refractivity contribution in [1.29, 1.82) is 0 Å². The van der Waals surface area contributed by atoms with E-state index in [0.717, 1.165) is 12.8 Å². The lowest BCUT2D eigenvalue weighted by Crippen LogP contribution is -2.42. The molecule has 0 radical (unpaired) electrons. The lowest BCUT2D eigenvalue weighted by molar-refractivity contribution is 0.0566. The molecule has 2 aliphatic rings. The van der Waals surface area contributed by atoms with E-state index in [2.05, 4.69) is 20.6 Å². The summed E-state index contributed by atoms with van der Waals surface area (Å²) in [4.78, 5) is 36.1. The number of pyridine rings is 2. The van der Waals surface area contributed by atoms with E-state index in [9.17, 15) is 14.0 Å². The van der Waals surface area contributed by atoms with Gasteiger partial charge in [-0.1, -0.05) is 17.7 Å². The summed E-state index contributed by atoms with van der Waals surface area (Å²) in [5.41, 5.74) is 1.17. The summed E-state index contributed by atoms with van der Waals surface area (Å²) in [6.45, 7) is 8.29. The molecule has 0 atom stereocenters. The monoisotopic (exact) mass is 541 g/mol. The van der Waals surface area contributed by atoms with Crippen LogP contribution < -0.4 is 20.3 Å². The fourth-order valence-corrected chi connectivity index (χ4v) is 4.60. The molecule has 9 nitrogen and oxygen atoms in total. The highest BCUT2D eigenvalue weighted by Gasteiger charge is 2.32. The Bertz CT molecular complexity index is 1440. The van der Waals surface area contributed by atoms with Gasteiger partial charge in [0.2, 0.25) is 5.88 Å². The van der Waals surface area contributed by atoms with E-state index in [1.54, 1.807) is 46.0 Å². The number of hydrogen-bond donors (Lipinski definition) is 2. The molecule has 1 saturated carbocycles. The van der Waals surface area contributed by atoms with Gasteiger partial charge in [0, 0.05) is 23.7 Å². The molecule has 1 aliphatic heterocycles. The number of carbonyl (C=O) groups is 2. The smallest absolute Gasteiger partial charge is 0.415 e. The van der Waals surface area contributed by atoms with Crippen LogP contribution in [0.4, 0.5) is 25.5 Å². The Labute approximate surface area is 224 Å². The molecule has 3 heterocycles. The number of aromatic nitrogens is 2. The SMILES string of the molecule is Cc1c(-c2nc(NC(=O)NCC3CC3)cc3ccc(F)c(Cl)c23)cnc2c1N(C(=O)OC(C)(C)C)CCO2. The van der Waals surface area contributed by atoms with Crippen LogP contribution in [-0.4, -0.2) is 47.4 Å². The van der Waals surface area contributed by atoms with Crippen LogP contribution in [0.1, 0.15) is 39.2 Å². The lowest BCUT2D eigenvalue weighted by Gasteiger charge is -2.32. The molecule has 1 aromatic carbocycles. The highest BCUT2D eigenvalue weighted by molar-refractivity contribution is 6.36. The molecule has 0 bridgehead atoms. The first kappa shape index (κ1) is 26.0. The molecule has 200 valence electrons. The van der Waals surface area contributed by atoms with E-state index in [0.29, 0.717) is 45.7 Å². The van der Waals surface area contributed by atoms with E-state index in [1.165, 1.54) is 11.0 Å². The third-order valence-electron chi connectivity index (χ3n) is 6.34. The number of benzene rings is 1. The van der Waals surface area contributed by atoms with Gasteiger partial charge in [-0.3, -0.25) is 10.2 Å². The second-order valence-electron chi connectivity index (χ2n) is 10.5. The number of urea groups is 1. The number of fused-ring (bicyclic) bond motifs is 2. The van der Waals surface area contributed by atoms with Gasteiger partial charge < -0.3 is 14.8 Å². The van der Waals surface area contributed by atoms with Gasteiger partial charge in [-0.05, 0) is 69.5 Å². The highest BCUT2D eigenvalue weighted by Crippen LogP contribution is 2.42. The number of hydrogen-bond acceptors (Lipinski definition) is 6. The molecule has 38 heavy (non-hydrogen) atoms. The number of nitrogens with one attached hydrogen (secondary N) is 2. The molecule has 0 saturated heterocycles. The zero-order chi connectivity index (χ0) is 27.2. The maximum absolute atomic E-state index is 14.6. The summed E-state index contributed by atoms with van der Waals surface area (Å²) in [5.74, 6) is 0.453. The number of nitrogens with zero attached hydrogens (tertiary/aromatic N) is 3. The number of rotatable bonds is 4. The average Bonchev–Trinajstić information content (AvgIpc) is 3.68. The largest absolute Gasteiger partial charge is 0.474 e. The van der Waals surface area contributed by atoms with Crippen molar-refractivity contribution in [2.75, 3.05) is 29.9 Å². The minimum Gasteiger partial charge on any atom is -0.474 e. The van der Waals surface area contributed by atoms with Crippen LogP contribution in [0.15, 0.2) is 24.4 Å². The van der Waals surface area contributed by atoms with Crippen LogP contribution in [0.2, 0.25) is 5.02 Å². The Morgan fingerprint density at radius 2 is 2.05 bits per heavy atom. The van der Waals surface area contributed by atoms with Gasteiger partial charge in [-0.15, -0.1) is 0 Å². The molecule has 1 fully saturated rings. The number of ether oxygens (including phenoxy) is 2. The normalized spacial score (nSPS) is 15.1.